The molecule has 2 heterocycles. The minimum atomic E-state index is -0.565. The van der Waals surface area contributed by atoms with Gasteiger partial charge in [0.05, 0.1) is 15.6 Å². The van der Waals surface area contributed by atoms with Crippen LogP contribution in [0.25, 0.3) is 0 Å². The lowest BCUT2D eigenvalue weighted by atomic mass is 9.95. The van der Waals surface area contributed by atoms with E-state index in [1.54, 1.807) is 23.5 Å². The number of halogens is 1. The SMILES string of the molecule is Cn1nnnc1Sc1sc(NC(=O)Nc2ccc(F)cc2C(=O)C2CCCC2)nc1CSc1ccccc1. The molecule has 0 spiro atoms. The summed E-state index contributed by atoms with van der Waals surface area (Å²) in [4.78, 5) is 31.7. The Morgan fingerprint density at radius 2 is 1.92 bits per heavy atom. The highest BCUT2D eigenvalue weighted by Gasteiger charge is 2.26. The summed E-state index contributed by atoms with van der Waals surface area (Å²) in [6, 6.07) is 13.2. The van der Waals surface area contributed by atoms with Gasteiger partial charge in [-0.25, -0.2) is 18.9 Å². The minimum Gasteiger partial charge on any atom is -0.307 e. The number of benzene rings is 2. The molecule has 0 unspecified atom stereocenters. The molecular formula is C25H24FN7O2S3. The molecule has 1 fully saturated rings. The van der Waals surface area contributed by atoms with Gasteiger partial charge in [0.25, 0.3) is 0 Å². The van der Waals surface area contributed by atoms with Gasteiger partial charge in [0.15, 0.2) is 10.9 Å². The van der Waals surface area contributed by atoms with E-state index in [4.69, 9.17) is 0 Å². The number of rotatable bonds is 9. The molecule has 1 aliphatic carbocycles. The van der Waals surface area contributed by atoms with Gasteiger partial charge in [-0.05, 0) is 65.4 Å². The summed E-state index contributed by atoms with van der Waals surface area (Å²) < 4.78 is 16.4. The van der Waals surface area contributed by atoms with Crippen LogP contribution in [0, 0.1) is 11.7 Å². The van der Waals surface area contributed by atoms with Crippen LogP contribution >= 0.6 is 34.9 Å². The molecule has 38 heavy (non-hydrogen) atoms. The standard InChI is InChI=1S/C25H24FN7O2S3/c1-33-25(30-31-32-33)38-22-20(14-36-17-9-3-2-4-10-17)28-24(37-22)29-23(35)27-19-12-11-16(26)13-18(19)21(34)15-7-5-6-8-15/h2-4,9-13,15H,5-8,14H2,1H3,(H2,27,28,29,35). The zero-order chi connectivity index (χ0) is 26.5. The minimum absolute atomic E-state index is 0.136. The normalized spacial score (nSPS) is 13.5. The fourth-order valence-electron chi connectivity index (χ4n) is 4.11. The number of nitrogens with one attached hydrogen (secondary N) is 2. The van der Waals surface area contributed by atoms with Crippen LogP contribution in [-0.4, -0.2) is 37.0 Å². The quantitative estimate of drug-likeness (QED) is 0.179. The Morgan fingerprint density at radius 1 is 1.13 bits per heavy atom. The first kappa shape index (κ1) is 26.3. The number of hydrogen-bond acceptors (Lipinski definition) is 9. The van der Waals surface area contributed by atoms with Crippen molar-refractivity contribution in [1.29, 1.82) is 0 Å². The average molecular weight is 570 g/mol. The van der Waals surface area contributed by atoms with Gasteiger partial charge < -0.3 is 5.32 Å². The summed E-state index contributed by atoms with van der Waals surface area (Å²) in [5, 5.41) is 18.1. The number of anilines is 2. The number of carbonyl (C=O) groups excluding carboxylic acids is 2. The molecule has 0 atom stereocenters. The number of amides is 2. The van der Waals surface area contributed by atoms with Gasteiger partial charge in [0.1, 0.15) is 5.82 Å². The Hall–Kier alpha value is -3.29. The maximum Gasteiger partial charge on any atom is 0.325 e. The lowest BCUT2D eigenvalue weighted by Gasteiger charge is -2.14. The van der Waals surface area contributed by atoms with Crippen molar-refractivity contribution in [2.75, 3.05) is 10.6 Å². The number of aromatic nitrogens is 5. The molecule has 2 aromatic carbocycles. The van der Waals surface area contributed by atoms with E-state index in [0.29, 0.717) is 16.0 Å². The number of Topliss-reactive ketones (excluding diaryl/α,β-unsaturated/α-hetero) is 1. The van der Waals surface area contributed by atoms with Crippen molar-refractivity contribution in [2.45, 2.75) is 45.7 Å². The lowest BCUT2D eigenvalue weighted by Crippen LogP contribution is -2.22. The highest BCUT2D eigenvalue weighted by Crippen LogP contribution is 2.39. The van der Waals surface area contributed by atoms with Crippen molar-refractivity contribution in [2.24, 2.45) is 13.0 Å². The van der Waals surface area contributed by atoms with Crippen LogP contribution < -0.4 is 10.6 Å². The predicted molar refractivity (Wildman–Crippen MR) is 146 cm³/mol. The van der Waals surface area contributed by atoms with Crippen molar-refractivity contribution in [3.63, 3.8) is 0 Å². The maximum atomic E-state index is 14.0. The molecule has 196 valence electrons. The Kier molecular flexibility index (Phi) is 8.35. The smallest absolute Gasteiger partial charge is 0.307 e. The van der Waals surface area contributed by atoms with Gasteiger partial charge in [-0.2, -0.15) is 0 Å². The topological polar surface area (TPSA) is 115 Å². The van der Waals surface area contributed by atoms with E-state index < -0.39 is 11.8 Å². The second-order valence-electron chi connectivity index (χ2n) is 8.66. The molecule has 9 nitrogen and oxygen atoms in total. The first-order chi connectivity index (χ1) is 18.5. The number of ketones is 1. The van der Waals surface area contributed by atoms with E-state index in [-0.39, 0.29) is 23.0 Å². The van der Waals surface area contributed by atoms with E-state index >= 15 is 0 Å². The summed E-state index contributed by atoms with van der Waals surface area (Å²) in [5.74, 6) is -0.214. The van der Waals surface area contributed by atoms with Crippen LogP contribution in [0.1, 0.15) is 41.7 Å². The number of urea groups is 1. The van der Waals surface area contributed by atoms with E-state index in [1.807, 2.05) is 30.3 Å². The Bertz CT molecular complexity index is 1440. The van der Waals surface area contributed by atoms with Crippen LogP contribution in [-0.2, 0) is 12.8 Å². The molecule has 5 rings (SSSR count). The van der Waals surface area contributed by atoms with Crippen molar-refractivity contribution in [3.05, 3.63) is 65.6 Å². The van der Waals surface area contributed by atoms with Gasteiger partial charge in [0.2, 0.25) is 5.16 Å². The lowest BCUT2D eigenvalue weighted by molar-refractivity contribution is 0.0923. The van der Waals surface area contributed by atoms with Crippen molar-refractivity contribution in [1.82, 2.24) is 25.2 Å². The third-order valence-electron chi connectivity index (χ3n) is 5.99. The highest BCUT2D eigenvalue weighted by atomic mass is 32.2. The molecule has 1 aliphatic rings. The number of thiazole rings is 1. The third-order valence-corrected chi connectivity index (χ3v) is 9.27. The fourth-order valence-corrected chi connectivity index (χ4v) is 7.14. The fraction of sp³-hybridized carbons (Fsp3) is 0.280. The largest absolute Gasteiger partial charge is 0.325 e. The first-order valence-corrected chi connectivity index (χ1v) is 14.6. The van der Waals surface area contributed by atoms with Gasteiger partial charge in [-0.3, -0.25) is 10.1 Å². The molecule has 1 saturated carbocycles. The molecule has 2 amide bonds. The number of carbonyl (C=O) groups is 2. The Balaban J connectivity index is 1.33. The molecular weight excluding hydrogens is 546 g/mol. The van der Waals surface area contributed by atoms with Crippen molar-refractivity contribution in [3.8, 4) is 0 Å². The number of tetrazole rings is 1. The van der Waals surface area contributed by atoms with E-state index in [1.165, 1.54) is 41.3 Å². The predicted octanol–water partition coefficient (Wildman–Crippen LogP) is 6.27. The third kappa shape index (κ3) is 6.40. The van der Waals surface area contributed by atoms with E-state index in [9.17, 15) is 14.0 Å². The van der Waals surface area contributed by atoms with E-state index in [0.717, 1.165) is 40.5 Å². The molecule has 0 saturated heterocycles. The summed E-state index contributed by atoms with van der Waals surface area (Å²) in [7, 11) is 1.75. The van der Waals surface area contributed by atoms with Crippen LogP contribution in [0.4, 0.5) is 20.0 Å². The number of thioether (sulfide) groups is 1. The van der Waals surface area contributed by atoms with Crippen molar-refractivity contribution < 1.29 is 14.0 Å². The molecule has 4 aromatic rings. The summed E-state index contributed by atoms with van der Waals surface area (Å²) in [6.45, 7) is 0. The van der Waals surface area contributed by atoms with Gasteiger partial charge in [-0.15, -0.1) is 16.9 Å². The molecule has 2 aromatic heterocycles. The van der Waals surface area contributed by atoms with Crippen LogP contribution in [0.5, 0.6) is 0 Å². The molecule has 0 bridgehead atoms. The summed E-state index contributed by atoms with van der Waals surface area (Å²) >= 11 is 4.30. The number of aryl methyl sites for hydroxylation is 1. The zero-order valence-electron chi connectivity index (χ0n) is 20.4. The average Bonchev–Trinajstić information content (AvgIpc) is 3.67. The monoisotopic (exact) mass is 569 g/mol. The molecule has 13 heteroatoms. The van der Waals surface area contributed by atoms with Crippen LogP contribution in [0.2, 0.25) is 0 Å². The van der Waals surface area contributed by atoms with Gasteiger partial charge in [-0.1, -0.05) is 42.4 Å². The van der Waals surface area contributed by atoms with Crippen LogP contribution in [0.3, 0.4) is 0 Å². The zero-order valence-corrected chi connectivity index (χ0v) is 22.8. The molecule has 2 N–H and O–H groups in total. The summed E-state index contributed by atoms with van der Waals surface area (Å²) in [6.07, 6.45) is 3.53. The maximum absolute atomic E-state index is 14.0. The highest BCUT2D eigenvalue weighted by molar-refractivity contribution is 8.01. The van der Waals surface area contributed by atoms with Gasteiger partial charge >= 0.3 is 6.03 Å². The first-order valence-electron chi connectivity index (χ1n) is 12.0. The second-order valence-corrected chi connectivity index (χ2v) is 11.9. The Morgan fingerprint density at radius 3 is 2.66 bits per heavy atom. The number of nitrogens with zero attached hydrogens (tertiary/aromatic N) is 5. The Labute approximate surface area is 231 Å². The van der Waals surface area contributed by atoms with Crippen molar-refractivity contribution >= 4 is 57.5 Å². The summed E-state index contributed by atoms with van der Waals surface area (Å²) in [5.41, 5.74) is 1.25. The van der Waals surface area contributed by atoms with Crippen LogP contribution in [0.15, 0.2) is 62.8 Å². The van der Waals surface area contributed by atoms with E-state index in [2.05, 4.69) is 31.1 Å². The molecule has 0 aliphatic heterocycles. The number of hydrogen-bond donors (Lipinski definition) is 2. The molecule has 0 radical (unpaired) electrons. The second kappa shape index (κ2) is 12.0. The van der Waals surface area contributed by atoms with Gasteiger partial charge in [0, 0.05) is 29.2 Å².